The minimum atomic E-state index is 0.504. The lowest BCUT2D eigenvalue weighted by Crippen LogP contribution is -2.34. The van der Waals surface area contributed by atoms with Gasteiger partial charge in [0.05, 0.1) is 0 Å². The summed E-state index contributed by atoms with van der Waals surface area (Å²) in [7, 11) is 0. The second-order valence-corrected chi connectivity index (χ2v) is 2.90. The fourth-order valence-electron chi connectivity index (χ4n) is 0.921. The molecule has 0 aliphatic heterocycles. The molecule has 1 aromatic heterocycles. The van der Waals surface area contributed by atoms with Crippen LogP contribution in [0.3, 0.4) is 0 Å². The summed E-state index contributed by atoms with van der Waals surface area (Å²) in [6.45, 7) is 3.82. The summed E-state index contributed by atoms with van der Waals surface area (Å²) in [6, 6.07) is 3.75. The summed E-state index contributed by atoms with van der Waals surface area (Å²) < 4.78 is 0.873. The predicted octanol–water partition coefficient (Wildman–Crippen LogP) is 1.48. The summed E-state index contributed by atoms with van der Waals surface area (Å²) in [4.78, 5) is 0. The molecule has 0 aromatic carbocycles. The number of nitrogens with zero attached hydrogens (tertiary/aromatic N) is 1. The normalized spacial score (nSPS) is 10.1. The maximum Gasteiger partial charge on any atom is 0.251 e. The Bertz CT molecular complexity index is 273. The van der Waals surface area contributed by atoms with Gasteiger partial charge in [-0.05, 0) is 13.0 Å². The van der Waals surface area contributed by atoms with E-state index in [2.05, 4.69) is 12.6 Å². The Morgan fingerprint density at radius 3 is 2.73 bits per heavy atom. The Labute approximate surface area is 71.9 Å². The van der Waals surface area contributed by atoms with E-state index in [4.69, 9.17) is 0 Å². The first kappa shape index (κ1) is 8.40. The molecule has 0 radical (unpaired) electrons. The molecule has 0 unspecified atom stereocenters. The highest BCUT2D eigenvalue weighted by Gasteiger charge is 2.08. The van der Waals surface area contributed by atoms with Crippen LogP contribution in [-0.4, -0.2) is 0 Å². The van der Waals surface area contributed by atoms with Gasteiger partial charge in [0.1, 0.15) is 0 Å². The lowest BCUT2D eigenvalue weighted by molar-refractivity contribution is -0.653. The first-order valence-electron chi connectivity index (χ1n) is 3.57. The zero-order valence-electron chi connectivity index (χ0n) is 6.66. The molecule has 0 fully saturated rings. The molecular formula is C8H11NOS. The summed E-state index contributed by atoms with van der Waals surface area (Å²) in [6.07, 6.45) is 0.747. The van der Waals surface area contributed by atoms with Crippen molar-refractivity contribution < 1.29 is 4.73 Å². The molecule has 0 N–H and O–H groups in total. The van der Waals surface area contributed by atoms with E-state index in [-0.39, 0.29) is 0 Å². The van der Waals surface area contributed by atoms with Crippen LogP contribution in [0, 0.1) is 12.1 Å². The van der Waals surface area contributed by atoms with Crippen molar-refractivity contribution in [2.24, 2.45) is 0 Å². The number of aromatic nitrogens is 1. The molecule has 1 rings (SSSR count). The van der Waals surface area contributed by atoms with E-state index in [1.807, 2.05) is 26.0 Å². The molecule has 1 aromatic rings. The molecule has 1 heterocycles. The molecule has 0 atom stereocenters. The summed E-state index contributed by atoms with van der Waals surface area (Å²) in [5, 5.41) is 11.8. The van der Waals surface area contributed by atoms with Crippen molar-refractivity contribution in [2.75, 3.05) is 0 Å². The lowest BCUT2D eigenvalue weighted by atomic mass is 10.2. The third kappa shape index (κ3) is 1.48. The molecule has 60 valence electrons. The van der Waals surface area contributed by atoms with E-state index in [9.17, 15) is 5.21 Å². The predicted molar refractivity (Wildman–Crippen MR) is 46.8 cm³/mol. The Hall–Kier alpha value is -0.700. The number of aryl methyl sites for hydroxylation is 2. The fourth-order valence-corrected chi connectivity index (χ4v) is 1.12. The van der Waals surface area contributed by atoms with Gasteiger partial charge in [-0.2, -0.15) is 4.73 Å². The quantitative estimate of drug-likeness (QED) is 0.385. The van der Waals surface area contributed by atoms with E-state index in [0.29, 0.717) is 5.03 Å². The maximum atomic E-state index is 11.3. The van der Waals surface area contributed by atoms with E-state index in [0.717, 1.165) is 22.4 Å². The van der Waals surface area contributed by atoms with Crippen LogP contribution < -0.4 is 4.73 Å². The van der Waals surface area contributed by atoms with Crippen LogP contribution in [0.15, 0.2) is 17.2 Å². The molecule has 11 heavy (non-hydrogen) atoms. The molecule has 0 saturated carbocycles. The standard InChI is InChI=1S/C8H11NOS/c1-3-7-5-4-6(2)8(11)9(7)10/h4-5,11H,3H2,1-2H3. The number of pyridine rings is 1. The molecule has 0 aliphatic carbocycles. The van der Waals surface area contributed by atoms with Crippen LogP contribution in [0.1, 0.15) is 18.2 Å². The molecule has 0 saturated heterocycles. The SMILES string of the molecule is CCc1ccc(C)c(S)[n+]1[O-]. The highest BCUT2D eigenvalue weighted by Crippen LogP contribution is 2.07. The second kappa shape index (κ2) is 3.13. The summed E-state index contributed by atoms with van der Waals surface area (Å²) in [5.41, 5.74) is 1.68. The minimum Gasteiger partial charge on any atom is -0.618 e. The molecule has 0 amide bonds. The highest BCUT2D eigenvalue weighted by atomic mass is 32.1. The Kier molecular flexibility index (Phi) is 2.39. The molecule has 0 aliphatic rings. The van der Waals surface area contributed by atoms with E-state index in [1.165, 1.54) is 0 Å². The third-order valence-corrected chi connectivity index (χ3v) is 2.23. The van der Waals surface area contributed by atoms with Crippen molar-refractivity contribution >= 4 is 12.6 Å². The van der Waals surface area contributed by atoms with Crippen molar-refractivity contribution in [3.05, 3.63) is 28.6 Å². The number of hydrogen-bond acceptors (Lipinski definition) is 2. The van der Waals surface area contributed by atoms with Crippen LogP contribution in [0.2, 0.25) is 0 Å². The van der Waals surface area contributed by atoms with Gasteiger partial charge in [0, 0.05) is 18.1 Å². The second-order valence-electron chi connectivity index (χ2n) is 2.48. The Balaban J connectivity index is 3.25. The number of rotatable bonds is 1. The molecule has 0 bridgehead atoms. The Morgan fingerprint density at radius 2 is 2.18 bits per heavy atom. The average Bonchev–Trinajstić information content (AvgIpc) is 2.01. The van der Waals surface area contributed by atoms with Crippen LogP contribution in [0.4, 0.5) is 0 Å². The van der Waals surface area contributed by atoms with Crippen LogP contribution in [0.25, 0.3) is 0 Å². The molecule has 2 nitrogen and oxygen atoms in total. The zero-order chi connectivity index (χ0) is 8.43. The van der Waals surface area contributed by atoms with E-state index >= 15 is 0 Å². The van der Waals surface area contributed by atoms with Crippen LogP contribution >= 0.6 is 12.6 Å². The van der Waals surface area contributed by atoms with Gasteiger partial charge in [-0.15, -0.1) is 0 Å². The smallest absolute Gasteiger partial charge is 0.251 e. The third-order valence-electron chi connectivity index (χ3n) is 1.69. The van der Waals surface area contributed by atoms with Gasteiger partial charge >= 0.3 is 0 Å². The summed E-state index contributed by atoms with van der Waals surface area (Å²) >= 11 is 4.09. The van der Waals surface area contributed by atoms with Crippen molar-refractivity contribution in [1.82, 2.24) is 0 Å². The van der Waals surface area contributed by atoms with Crippen molar-refractivity contribution in [3.8, 4) is 0 Å². The Morgan fingerprint density at radius 1 is 1.55 bits per heavy atom. The number of hydrogen-bond donors (Lipinski definition) is 1. The molecule has 0 spiro atoms. The van der Waals surface area contributed by atoms with Gasteiger partial charge in [-0.25, -0.2) is 0 Å². The van der Waals surface area contributed by atoms with E-state index in [1.54, 1.807) is 0 Å². The summed E-state index contributed by atoms with van der Waals surface area (Å²) in [5.74, 6) is 0. The average molecular weight is 169 g/mol. The van der Waals surface area contributed by atoms with E-state index < -0.39 is 0 Å². The van der Waals surface area contributed by atoms with Gasteiger partial charge in [-0.1, -0.05) is 19.6 Å². The monoisotopic (exact) mass is 169 g/mol. The highest BCUT2D eigenvalue weighted by molar-refractivity contribution is 7.80. The molecule has 3 heteroatoms. The van der Waals surface area contributed by atoms with Gasteiger partial charge < -0.3 is 5.21 Å². The number of thiol groups is 1. The fraction of sp³-hybridized carbons (Fsp3) is 0.375. The van der Waals surface area contributed by atoms with Crippen LogP contribution in [0.5, 0.6) is 0 Å². The molecular weight excluding hydrogens is 158 g/mol. The van der Waals surface area contributed by atoms with Gasteiger partial charge in [0.2, 0.25) is 0 Å². The van der Waals surface area contributed by atoms with Crippen molar-refractivity contribution in [3.63, 3.8) is 0 Å². The van der Waals surface area contributed by atoms with Gasteiger partial charge in [-0.3, -0.25) is 0 Å². The minimum absolute atomic E-state index is 0.504. The topological polar surface area (TPSA) is 26.9 Å². The van der Waals surface area contributed by atoms with Gasteiger partial charge in [0.15, 0.2) is 5.69 Å². The zero-order valence-corrected chi connectivity index (χ0v) is 7.56. The van der Waals surface area contributed by atoms with Crippen LogP contribution in [-0.2, 0) is 6.42 Å². The van der Waals surface area contributed by atoms with Crippen molar-refractivity contribution in [1.29, 1.82) is 0 Å². The first-order chi connectivity index (χ1) is 5.16. The largest absolute Gasteiger partial charge is 0.618 e. The first-order valence-corrected chi connectivity index (χ1v) is 4.02. The van der Waals surface area contributed by atoms with Crippen molar-refractivity contribution in [2.45, 2.75) is 25.3 Å². The maximum absolute atomic E-state index is 11.3. The van der Waals surface area contributed by atoms with Gasteiger partial charge in [0.25, 0.3) is 5.03 Å². The lowest BCUT2D eigenvalue weighted by Gasteiger charge is -2.05.